The minimum atomic E-state index is -0.457. The lowest BCUT2D eigenvalue weighted by Crippen LogP contribution is -2.30. The van der Waals surface area contributed by atoms with E-state index < -0.39 is 5.41 Å². The van der Waals surface area contributed by atoms with Gasteiger partial charge in [-0.3, -0.25) is 4.57 Å². The Kier molecular flexibility index (Phi) is 5.43. The van der Waals surface area contributed by atoms with E-state index in [4.69, 9.17) is 9.97 Å². The summed E-state index contributed by atoms with van der Waals surface area (Å²) in [6.07, 6.45) is 0. The van der Waals surface area contributed by atoms with Crippen molar-refractivity contribution >= 4 is 43.6 Å². The number of hydrogen-bond donors (Lipinski definition) is 0. The van der Waals surface area contributed by atoms with Crippen molar-refractivity contribution in [3.8, 4) is 39.3 Å². The smallest absolute Gasteiger partial charge is 0.165 e. The van der Waals surface area contributed by atoms with Crippen molar-refractivity contribution in [3.05, 3.63) is 198 Å². The van der Waals surface area contributed by atoms with Crippen molar-refractivity contribution in [2.24, 2.45) is 0 Å². The predicted octanol–water partition coefficient (Wildman–Crippen LogP) is 11.9. The van der Waals surface area contributed by atoms with Crippen LogP contribution in [-0.2, 0) is 5.41 Å². The lowest BCUT2D eigenvalue weighted by molar-refractivity contribution is 0.783. The third-order valence-electron chi connectivity index (χ3n) is 11.6. The second-order valence-electron chi connectivity index (χ2n) is 14.1. The first-order chi connectivity index (χ1) is 25.8. The van der Waals surface area contributed by atoms with Crippen molar-refractivity contribution in [3.63, 3.8) is 0 Å². The van der Waals surface area contributed by atoms with Gasteiger partial charge in [0.15, 0.2) is 5.82 Å². The van der Waals surface area contributed by atoms with Gasteiger partial charge < -0.3 is 0 Å². The molecule has 2 aliphatic rings. The van der Waals surface area contributed by atoms with E-state index in [0.717, 1.165) is 44.7 Å². The molecule has 0 N–H and O–H groups in total. The van der Waals surface area contributed by atoms with Gasteiger partial charge in [-0.15, -0.1) is 0 Å². The first-order valence-electron chi connectivity index (χ1n) is 17.9. The van der Waals surface area contributed by atoms with E-state index >= 15 is 0 Å². The fourth-order valence-corrected chi connectivity index (χ4v) is 9.56. The highest BCUT2D eigenvalue weighted by molar-refractivity contribution is 6.26. The lowest BCUT2D eigenvalue weighted by atomic mass is 9.63. The van der Waals surface area contributed by atoms with Crippen LogP contribution in [0.15, 0.2) is 176 Å². The van der Waals surface area contributed by atoms with Crippen molar-refractivity contribution in [2.45, 2.75) is 5.41 Å². The molecule has 2 heterocycles. The van der Waals surface area contributed by atoms with Gasteiger partial charge in [-0.05, 0) is 85.6 Å². The number of aromatic nitrogens is 3. The summed E-state index contributed by atoms with van der Waals surface area (Å²) in [6.45, 7) is 0. The molecule has 2 aliphatic carbocycles. The van der Waals surface area contributed by atoms with Gasteiger partial charge in [0.2, 0.25) is 0 Å². The standard InChI is InChI=1S/C49H29N3/c1-2-13-30(14-3-1)32-16-10-17-33(29-32)47-48(51-41-25-9-8-24-40(41)50-47)52-42-26-12-23-39-45(42)46-43(52)28-27-31-15-11-22-38(44(31)46)49(39)36-20-6-4-18-34(36)35-19-5-7-21-37(35)49/h1-29H. The van der Waals surface area contributed by atoms with E-state index in [-0.39, 0.29) is 0 Å². The van der Waals surface area contributed by atoms with Gasteiger partial charge in [-0.25, -0.2) is 9.97 Å². The van der Waals surface area contributed by atoms with E-state index in [1.54, 1.807) is 0 Å². The summed E-state index contributed by atoms with van der Waals surface area (Å²) >= 11 is 0. The van der Waals surface area contributed by atoms with Gasteiger partial charge in [0, 0.05) is 16.3 Å². The summed E-state index contributed by atoms with van der Waals surface area (Å²) in [4.78, 5) is 10.9. The molecule has 12 rings (SSSR count). The molecule has 0 unspecified atom stereocenters. The average Bonchev–Trinajstić information content (AvgIpc) is 3.71. The second kappa shape index (κ2) is 10.1. The van der Waals surface area contributed by atoms with E-state index in [0.29, 0.717) is 0 Å². The van der Waals surface area contributed by atoms with E-state index in [1.165, 1.54) is 60.5 Å². The van der Waals surface area contributed by atoms with Crippen LogP contribution in [0.25, 0.3) is 82.9 Å². The van der Waals surface area contributed by atoms with Gasteiger partial charge in [-0.1, -0.05) is 146 Å². The molecule has 3 nitrogen and oxygen atoms in total. The van der Waals surface area contributed by atoms with Crippen LogP contribution in [0.2, 0.25) is 0 Å². The van der Waals surface area contributed by atoms with Crippen LogP contribution in [0.4, 0.5) is 0 Å². The van der Waals surface area contributed by atoms with Gasteiger partial charge in [-0.2, -0.15) is 0 Å². The fraction of sp³-hybridized carbons (Fsp3) is 0.0204. The topological polar surface area (TPSA) is 30.7 Å². The molecule has 8 aromatic carbocycles. The zero-order chi connectivity index (χ0) is 34.0. The average molecular weight is 660 g/mol. The largest absolute Gasteiger partial charge is 0.292 e. The van der Waals surface area contributed by atoms with Crippen LogP contribution >= 0.6 is 0 Å². The van der Waals surface area contributed by atoms with Crippen LogP contribution in [0.1, 0.15) is 22.3 Å². The molecule has 2 aromatic heterocycles. The molecule has 0 saturated carbocycles. The molecule has 0 bridgehead atoms. The Bertz CT molecular complexity index is 3090. The number of fused-ring (bicyclic) bond motifs is 8. The molecule has 1 spiro atoms. The van der Waals surface area contributed by atoms with E-state index in [9.17, 15) is 0 Å². The molecule has 0 atom stereocenters. The van der Waals surface area contributed by atoms with Gasteiger partial charge in [0.25, 0.3) is 0 Å². The Morgan fingerprint density at radius 2 is 0.962 bits per heavy atom. The highest BCUT2D eigenvalue weighted by Crippen LogP contribution is 2.62. The van der Waals surface area contributed by atoms with Crippen LogP contribution in [-0.4, -0.2) is 14.5 Å². The Balaban J connectivity index is 1.24. The van der Waals surface area contributed by atoms with Crippen molar-refractivity contribution in [2.75, 3.05) is 0 Å². The first-order valence-corrected chi connectivity index (χ1v) is 17.9. The molecule has 240 valence electrons. The predicted molar refractivity (Wildman–Crippen MR) is 213 cm³/mol. The highest BCUT2D eigenvalue weighted by atomic mass is 15.1. The maximum Gasteiger partial charge on any atom is 0.165 e. The minimum absolute atomic E-state index is 0.457. The summed E-state index contributed by atoms with van der Waals surface area (Å²) in [7, 11) is 0. The Labute approximate surface area is 300 Å². The monoisotopic (exact) mass is 659 g/mol. The summed E-state index contributed by atoms with van der Waals surface area (Å²) in [6, 6.07) is 63.9. The third kappa shape index (κ3) is 3.45. The normalized spacial score (nSPS) is 13.5. The first kappa shape index (κ1) is 27.9. The number of nitrogens with zero attached hydrogens (tertiary/aromatic N) is 3. The molecular weight excluding hydrogens is 631 g/mol. The summed E-state index contributed by atoms with van der Waals surface area (Å²) in [5, 5.41) is 5.13. The van der Waals surface area contributed by atoms with Gasteiger partial charge in [0.1, 0.15) is 5.69 Å². The highest BCUT2D eigenvalue weighted by Gasteiger charge is 2.50. The summed E-state index contributed by atoms with van der Waals surface area (Å²) < 4.78 is 2.39. The zero-order valence-electron chi connectivity index (χ0n) is 28.1. The molecule has 3 heteroatoms. The van der Waals surface area contributed by atoms with Crippen LogP contribution in [0, 0.1) is 0 Å². The molecule has 0 aliphatic heterocycles. The van der Waals surface area contributed by atoms with E-state index in [1.807, 2.05) is 12.1 Å². The number of para-hydroxylation sites is 2. The Morgan fingerprint density at radius 3 is 1.75 bits per heavy atom. The summed E-state index contributed by atoms with van der Waals surface area (Å²) in [5.74, 6) is 0.834. The molecule has 0 saturated heterocycles. The number of hydrogen-bond acceptors (Lipinski definition) is 2. The molecule has 0 fully saturated rings. The minimum Gasteiger partial charge on any atom is -0.292 e. The van der Waals surface area contributed by atoms with Crippen LogP contribution < -0.4 is 0 Å². The molecule has 0 radical (unpaired) electrons. The maximum absolute atomic E-state index is 5.48. The van der Waals surface area contributed by atoms with Gasteiger partial charge in [0.05, 0.1) is 27.5 Å². The van der Waals surface area contributed by atoms with Gasteiger partial charge >= 0.3 is 0 Å². The van der Waals surface area contributed by atoms with Crippen molar-refractivity contribution in [1.82, 2.24) is 14.5 Å². The SMILES string of the molecule is c1ccc(-c2cccc(-c3nc4ccccc4nc3-n3c4cccc5c4c4c6c(cccc6ccc43)C53c4ccccc4-c4ccccc43)c2)cc1. The Morgan fingerprint density at radius 1 is 0.385 bits per heavy atom. The molecule has 0 amide bonds. The van der Waals surface area contributed by atoms with Crippen LogP contribution in [0.5, 0.6) is 0 Å². The fourth-order valence-electron chi connectivity index (χ4n) is 9.56. The summed E-state index contributed by atoms with van der Waals surface area (Å²) in [5.41, 5.74) is 15.8. The van der Waals surface area contributed by atoms with Crippen molar-refractivity contribution in [1.29, 1.82) is 0 Å². The zero-order valence-corrected chi connectivity index (χ0v) is 28.1. The number of rotatable bonds is 3. The quantitative estimate of drug-likeness (QED) is 0.189. The number of benzene rings is 8. The van der Waals surface area contributed by atoms with Crippen molar-refractivity contribution < 1.29 is 0 Å². The second-order valence-corrected chi connectivity index (χ2v) is 14.1. The van der Waals surface area contributed by atoms with E-state index in [2.05, 4.69) is 168 Å². The molecular formula is C49H29N3. The maximum atomic E-state index is 5.48. The molecule has 10 aromatic rings. The Hall–Kier alpha value is -6.84. The van der Waals surface area contributed by atoms with Crippen LogP contribution in [0.3, 0.4) is 0 Å². The third-order valence-corrected chi connectivity index (χ3v) is 11.6. The molecule has 52 heavy (non-hydrogen) atoms. The lowest BCUT2D eigenvalue weighted by Gasteiger charge is -2.37.